The van der Waals surface area contributed by atoms with E-state index in [0.29, 0.717) is 12.3 Å². The molecule has 1 aliphatic rings. The second-order valence-corrected chi connectivity index (χ2v) is 6.63. The first-order valence-corrected chi connectivity index (χ1v) is 7.30. The number of hydrogen-bond acceptors (Lipinski definition) is 5. The summed E-state index contributed by atoms with van der Waals surface area (Å²) in [6.45, 7) is 5.90. The van der Waals surface area contributed by atoms with Gasteiger partial charge < -0.3 is 14.3 Å². The monoisotopic (exact) mass is 308 g/mol. The van der Waals surface area contributed by atoms with Gasteiger partial charge in [0.05, 0.1) is 13.7 Å². The van der Waals surface area contributed by atoms with Crippen molar-refractivity contribution in [2.45, 2.75) is 44.6 Å². The van der Waals surface area contributed by atoms with Gasteiger partial charge in [-0.3, -0.25) is 5.32 Å². The fraction of sp³-hybridized carbons (Fsp3) is 0.562. The van der Waals surface area contributed by atoms with E-state index in [9.17, 15) is 4.79 Å². The molecule has 22 heavy (non-hydrogen) atoms. The Kier molecular flexibility index (Phi) is 4.63. The molecule has 0 heterocycles. The summed E-state index contributed by atoms with van der Waals surface area (Å²) in [5.41, 5.74) is 0.998. The SMILES string of the molecule is COc1ccc(NC(=O)OC(C)(C)C)cc1C1(CON)CC1. The summed E-state index contributed by atoms with van der Waals surface area (Å²) in [4.78, 5) is 16.7. The van der Waals surface area contributed by atoms with Crippen molar-refractivity contribution in [3.05, 3.63) is 23.8 Å². The number of anilines is 1. The van der Waals surface area contributed by atoms with Crippen LogP contribution < -0.4 is 16.0 Å². The number of benzene rings is 1. The molecule has 0 unspecified atom stereocenters. The van der Waals surface area contributed by atoms with E-state index in [4.69, 9.17) is 20.2 Å². The smallest absolute Gasteiger partial charge is 0.412 e. The lowest BCUT2D eigenvalue weighted by atomic mass is 9.95. The Hall–Kier alpha value is -1.79. The molecule has 6 heteroatoms. The van der Waals surface area contributed by atoms with Crippen LogP contribution in [0.4, 0.5) is 10.5 Å². The molecule has 3 N–H and O–H groups in total. The molecule has 2 rings (SSSR count). The molecule has 1 aromatic carbocycles. The van der Waals surface area contributed by atoms with Crippen LogP contribution in [-0.2, 0) is 15.0 Å². The van der Waals surface area contributed by atoms with E-state index in [1.165, 1.54) is 0 Å². The predicted molar refractivity (Wildman–Crippen MR) is 83.9 cm³/mol. The zero-order valence-corrected chi connectivity index (χ0v) is 13.6. The van der Waals surface area contributed by atoms with E-state index in [1.807, 2.05) is 32.9 Å². The first-order valence-electron chi connectivity index (χ1n) is 7.30. The summed E-state index contributed by atoms with van der Waals surface area (Å²) < 4.78 is 10.7. The Bertz CT molecular complexity index is 548. The van der Waals surface area contributed by atoms with Crippen molar-refractivity contribution < 1.29 is 19.1 Å². The summed E-state index contributed by atoms with van der Waals surface area (Å²) in [5.74, 6) is 6.01. The van der Waals surface area contributed by atoms with Crippen molar-refractivity contribution in [1.82, 2.24) is 0 Å². The highest BCUT2D eigenvalue weighted by atomic mass is 16.6. The van der Waals surface area contributed by atoms with E-state index in [2.05, 4.69) is 5.32 Å². The second-order valence-electron chi connectivity index (χ2n) is 6.63. The third kappa shape index (κ3) is 3.90. The Balaban J connectivity index is 2.19. The molecule has 0 spiro atoms. The third-order valence-corrected chi connectivity index (χ3v) is 3.63. The standard InChI is InChI=1S/C16H24N2O4/c1-15(2,3)22-14(19)18-11-5-6-13(20-4)12(9-11)16(7-8-16)10-21-17/h5-6,9H,7-8,10,17H2,1-4H3,(H,18,19). The molecule has 122 valence electrons. The molecule has 0 saturated heterocycles. The Morgan fingerprint density at radius 2 is 2.05 bits per heavy atom. The number of amides is 1. The van der Waals surface area contributed by atoms with Crippen molar-refractivity contribution in [1.29, 1.82) is 0 Å². The van der Waals surface area contributed by atoms with Gasteiger partial charge in [-0.1, -0.05) is 0 Å². The number of carbonyl (C=O) groups is 1. The molecule has 1 fully saturated rings. The zero-order chi connectivity index (χ0) is 16.4. The summed E-state index contributed by atoms with van der Waals surface area (Å²) in [6.07, 6.45) is 1.48. The minimum absolute atomic E-state index is 0.119. The van der Waals surface area contributed by atoms with E-state index < -0.39 is 11.7 Å². The van der Waals surface area contributed by atoms with Crippen molar-refractivity contribution in [2.75, 3.05) is 19.0 Å². The Labute approximate surface area is 130 Å². The molecule has 0 aliphatic heterocycles. The average molecular weight is 308 g/mol. The highest BCUT2D eigenvalue weighted by molar-refractivity contribution is 5.85. The molecule has 6 nitrogen and oxygen atoms in total. The fourth-order valence-corrected chi connectivity index (χ4v) is 2.42. The van der Waals surface area contributed by atoms with E-state index >= 15 is 0 Å². The normalized spacial score (nSPS) is 16.0. The molecule has 1 amide bonds. The number of methoxy groups -OCH3 is 1. The molecule has 0 atom stereocenters. The van der Waals surface area contributed by atoms with Gasteiger partial charge in [0.15, 0.2) is 0 Å². The first-order chi connectivity index (χ1) is 10.3. The fourth-order valence-electron chi connectivity index (χ4n) is 2.42. The maximum absolute atomic E-state index is 11.9. The van der Waals surface area contributed by atoms with Gasteiger partial charge in [0.1, 0.15) is 11.4 Å². The van der Waals surface area contributed by atoms with Gasteiger partial charge in [0.2, 0.25) is 0 Å². The van der Waals surface area contributed by atoms with Gasteiger partial charge in [0.25, 0.3) is 0 Å². The first kappa shape index (κ1) is 16.6. The van der Waals surface area contributed by atoms with Crippen molar-refractivity contribution in [3.8, 4) is 5.75 Å². The van der Waals surface area contributed by atoms with Crippen molar-refractivity contribution >= 4 is 11.8 Å². The molecule has 0 radical (unpaired) electrons. The number of nitrogens with two attached hydrogens (primary N) is 1. The summed E-state index contributed by atoms with van der Waals surface area (Å²) in [6, 6.07) is 5.51. The number of carbonyl (C=O) groups excluding carboxylic acids is 1. The maximum atomic E-state index is 11.9. The molecule has 1 aliphatic carbocycles. The largest absolute Gasteiger partial charge is 0.496 e. The number of hydrogen-bond donors (Lipinski definition) is 2. The maximum Gasteiger partial charge on any atom is 0.412 e. The van der Waals surface area contributed by atoms with Gasteiger partial charge in [-0.25, -0.2) is 10.7 Å². The number of rotatable bonds is 5. The molecule has 0 aromatic heterocycles. The molecule has 1 saturated carbocycles. The van der Waals surface area contributed by atoms with Gasteiger partial charge in [-0.15, -0.1) is 0 Å². The molecular weight excluding hydrogens is 284 g/mol. The van der Waals surface area contributed by atoms with Crippen LogP contribution in [-0.4, -0.2) is 25.4 Å². The van der Waals surface area contributed by atoms with Crippen LogP contribution in [0.15, 0.2) is 18.2 Å². The minimum atomic E-state index is -0.537. The summed E-state index contributed by atoms with van der Waals surface area (Å²) in [7, 11) is 1.62. The van der Waals surface area contributed by atoms with Gasteiger partial charge >= 0.3 is 6.09 Å². The lowest BCUT2D eigenvalue weighted by molar-refractivity contribution is 0.0636. The highest BCUT2D eigenvalue weighted by Crippen LogP contribution is 2.51. The van der Waals surface area contributed by atoms with Crippen LogP contribution in [0.2, 0.25) is 0 Å². The van der Waals surface area contributed by atoms with Crippen LogP contribution >= 0.6 is 0 Å². The highest BCUT2D eigenvalue weighted by Gasteiger charge is 2.46. The van der Waals surface area contributed by atoms with Crippen LogP contribution in [0.25, 0.3) is 0 Å². The topological polar surface area (TPSA) is 82.8 Å². The lowest BCUT2D eigenvalue weighted by Gasteiger charge is -2.21. The minimum Gasteiger partial charge on any atom is -0.496 e. The number of nitrogens with one attached hydrogen (secondary N) is 1. The number of ether oxygens (including phenoxy) is 2. The predicted octanol–water partition coefficient (Wildman–Crippen LogP) is 2.96. The molecule has 1 aromatic rings. The van der Waals surface area contributed by atoms with Crippen LogP contribution in [0, 0.1) is 0 Å². The molecular formula is C16H24N2O4. The van der Waals surface area contributed by atoms with Crippen LogP contribution in [0.5, 0.6) is 5.75 Å². The lowest BCUT2D eigenvalue weighted by Crippen LogP contribution is -2.27. The van der Waals surface area contributed by atoms with Crippen LogP contribution in [0.3, 0.4) is 0 Å². The third-order valence-electron chi connectivity index (χ3n) is 3.63. The summed E-state index contributed by atoms with van der Waals surface area (Å²) in [5, 5.41) is 2.74. The second kappa shape index (κ2) is 6.14. The quantitative estimate of drug-likeness (QED) is 0.817. The van der Waals surface area contributed by atoms with Crippen molar-refractivity contribution in [3.63, 3.8) is 0 Å². The van der Waals surface area contributed by atoms with E-state index in [-0.39, 0.29) is 5.41 Å². The Morgan fingerprint density at radius 3 is 2.55 bits per heavy atom. The summed E-state index contributed by atoms with van der Waals surface area (Å²) >= 11 is 0. The van der Waals surface area contributed by atoms with Gasteiger partial charge in [0, 0.05) is 16.7 Å². The van der Waals surface area contributed by atoms with Gasteiger partial charge in [-0.05, 0) is 51.8 Å². The van der Waals surface area contributed by atoms with Gasteiger partial charge in [-0.2, -0.15) is 0 Å². The average Bonchev–Trinajstić information content (AvgIpc) is 3.17. The zero-order valence-electron chi connectivity index (χ0n) is 13.6. The van der Waals surface area contributed by atoms with E-state index in [1.54, 1.807) is 13.2 Å². The van der Waals surface area contributed by atoms with Crippen LogP contribution in [0.1, 0.15) is 39.2 Å². The Morgan fingerprint density at radius 1 is 1.36 bits per heavy atom. The van der Waals surface area contributed by atoms with E-state index in [0.717, 1.165) is 24.2 Å². The van der Waals surface area contributed by atoms with Crippen molar-refractivity contribution in [2.24, 2.45) is 5.90 Å². The molecule has 0 bridgehead atoms.